The minimum Gasteiger partial charge on any atom is -0.493 e. The van der Waals surface area contributed by atoms with Crippen molar-refractivity contribution in [3.8, 4) is 28.4 Å². The molecule has 6 heteroatoms. The smallest absolute Gasteiger partial charge is 0.313 e. The number of ketones is 1. The van der Waals surface area contributed by atoms with Crippen LogP contribution >= 0.6 is 0 Å². The molecule has 1 saturated carbocycles. The number of hydrogen-bond donors (Lipinski definition) is 1. The molecule has 1 fully saturated rings. The first-order valence-corrected chi connectivity index (χ1v) is 10.7. The normalized spacial score (nSPS) is 21.5. The average Bonchev–Trinajstić information content (AvgIpc) is 3.36. The minimum absolute atomic E-state index is 0.0669. The van der Waals surface area contributed by atoms with Crippen LogP contribution in [0.3, 0.4) is 0 Å². The van der Waals surface area contributed by atoms with Crippen molar-refractivity contribution in [2.45, 2.75) is 39.0 Å². The number of hydrogen-bond acceptors (Lipinski definition) is 5. The average molecular weight is 424 g/mol. The van der Waals surface area contributed by atoms with Crippen molar-refractivity contribution in [2.24, 2.45) is 11.3 Å². The molecule has 2 unspecified atom stereocenters. The molecule has 0 spiro atoms. The molecule has 2 aromatic carbocycles. The highest BCUT2D eigenvalue weighted by atomic mass is 16.5. The van der Waals surface area contributed by atoms with Gasteiger partial charge in [0, 0.05) is 17.5 Å². The van der Waals surface area contributed by atoms with E-state index in [4.69, 9.17) is 14.2 Å². The molecule has 2 atom stereocenters. The zero-order valence-electron chi connectivity index (χ0n) is 18.2. The summed E-state index contributed by atoms with van der Waals surface area (Å²) < 4.78 is 17.3. The Hall–Kier alpha value is -3.02. The Bertz CT molecular complexity index is 1030. The first kappa shape index (κ1) is 21.2. The van der Waals surface area contributed by atoms with E-state index in [0.717, 1.165) is 35.1 Å². The molecule has 0 radical (unpaired) electrons. The summed E-state index contributed by atoms with van der Waals surface area (Å²) in [4.78, 5) is 24.3. The summed E-state index contributed by atoms with van der Waals surface area (Å²) >= 11 is 0. The molecule has 0 heterocycles. The number of benzene rings is 2. The fourth-order valence-electron chi connectivity index (χ4n) is 4.81. The number of carboxylic acids is 1. The Morgan fingerprint density at radius 3 is 2.52 bits per heavy atom. The zero-order chi connectivity index (χ0) is 22.2. The van der Waals surface area contributed by atoms with Crippen LogP contribution in [-0.2, 0) is 11.2 Å². The zero-order valence-corrected chi connectivity index (χ0v) is 18.2. The largest absolute Gasteiger partial charge is 0.493 e. The SMILES string of the molecule is CCCC1CC1(COc1c(-c2cccc3c2CCC3=O)ccc(OC)c1OC)C(=O)O. The number of aliphatic carboxylic acids is 1. The second kappa shape index (κ2) is 8.25. The lowest BCUT2D eigenvalue weighted by Crippen LogP contribution is -2.26. The van der Waals surface area contributed by atoms with Crippen LogP contribution in [0, 0.1) is 11.3 Å². The molecule has 1 N–H and O–H groups in total. The number of fused-ring (bicyclic) bond motifs is 1. The molecule has 2 aliphatic carbocycles. The molecule has 0 saturated heterocycles. The van der Waals surface area contributed by atoms with Gasteiger partial charge in [-0.3, -0.25) is 9.59 Å². The number of Topliss-reactive ketones (excluding diaryl/α,β-unsaturated/α-hetero) is 1. The van der Waals surface area contributed by atoms with Gasteiger partial charge in [0.2, 0.25) is 5.75 Å². The van der Waals surface area contributed by atoms with Gasteiger partial charge in [0.15, 0.2) is 17.3 Å². The highest BCUT2D eigenvalue weighted by molar-refractivity contribution is 6.02. The van der Waals surface area contributed by atoms with E-state index in [1.165, 1.54) is 7.11 Å². The van der Waals surface area contributed by atoms with Crippen LogP contribution in [0.1, 0.15) is 48.5 Å². The van der Waals surface area contributed by atoms with Crippen molar-refractivity contribution in [3.63, 3.8) is 0 Å². The fraction of sp³-hybridized carbons (Fsp3) is 0.440. The van der Waals surface area contributed by atoms with Crippen LogP contribution in [0.15, 0.2) is 30.3 Å². The van der Waals surface area contributed by atoms with Crippen molar-refractivity contribution >= 4 is 11.8 Å². The van der Waals surface area contributed by atoms with E-state index in [-0.39, 0.29) is 18.3 Å². The van der Waals surface area contributed by atoms with Crippen molar-refractivity contribution < 1.29 is 28.9 Å². The molecule has 4 rings (SSSR count). The Kier molecular flexibility index (Phi) is 5.65. The first-order valence-electron chi connectivity index (χ1n) is 10.7. The Labute approximate surface area is 182 Å². The standard InChI is InChI=1S/C25H28O6/c1-4-6-15-13-25(15,24(27)28)14-31-22-19(10-12-21(29-2)23(22)30-3)16-7-5-8-18-17(16)9-11-20(18)26/h5,7-8,10,12,15H,4,6,9,11,13-14H2,1-3H3,(H,27,28). The summed E-state index contributed by atoms with van der Waals surface area (Å²) in [7, 11) is 3.09. The molecule has 0 bridgehead atoms. The number of carboxylic acid groups (broad SMARTS) is 1. The molecular formula is C25H28O6. The molecule has 2 aliphatic rings. The van der Waals surface area contributed by atoms with Gasteiger partial charge in [-0.15, -0.1) is 0 Å². The van der Waals surface area contributed by atoms with Crippen LogP contribution in [-0.4, -0.2) is 37.7 Å². The molecule has 164 valence electrons. The molecule has 31 heavy (non-hydrogen) atoms. The summed E-state index contributed by atoms with van der Waals surface area (Å²) in [5, 5.41) is 9.87. The molecule has 0 amide bonds. The summed E-state index contributed by atoms with van der Waals surface area (Å²) in [5.41, 5.74) is 2.55. The van der Waals surface area contributed by atoms with Crippen molar-refractivity contribution in [1.29, 1.82) is 0 Å². The van der Waals surface area contributed by atoms with E-state index in [2.05, 4.69) is 6.92 Å². The third-order valence-corrected chi connectivity index (χ3v) is 6.64. The maximum Gasteiger partial charge on any atom is 0.313 e. The fourth-order valence-corrected chi connectivity index (χ4v) is 4.81. The van der Waals surface area contributed by atoms with Crippen LogP contribution in [0.4, 0.5) is 0 Å². The molecular weight excluding hydrogens is 396 g/mol. The Morgan fingerprint density at radius 2 is 1.84 bits per heavy atom. The molecule has 2 aromatic rings. The summed E-state index contributed by atoms with van der Waals surface area (Å²) in [6.45, 7) is 2.13. The van der Waals surface area contributed by atoms with Gasteiger partial charge < -0.3 is 19.3 Å². The second-order valence-corrected chi connectivity index (χ2v) is 8.37. The lowest BCUT2D eigenvalue weighted by atomic mass is 9.95. The molecule has 6 nitrogen and oxygen atoms in total. The van der Waals surface area contributed by atoms with Crippen LogP contribution in [0.2, 0.25) is 0 Å². The van der Waals surface area contributed by atoms with Crippen molar-refractivity contribution in [3.05, 3.63) is 41.5 Å². The summed E-state index contributed by atoms with van der Waals surface area (Å²) in [6.07, 6.45) is 3.60. The Balaban J connectivity index is 1.77. The third kappa shape index (κ3) is 3.54. The van der Waals surface area contributed by atoms with Gasteiger partial charge in [-0.05, 0) is 48.4 Å². The first-order chi connectivity index (χ1) is 15.0. The third-order valence-electron chi connectivity index (χ3n) is 6.64. The lowest BCUT2D eigenvalue weighted by molar-refractivity contribution is -0.145. The number of methoxy groups -OCH3 is 2. The van der Waals surface area contributed by atoms with Gasteiger partial charge in [-0.2, -0.15) is 0 Å². The minimum atomic E-state index is -0.865. The van der Waals surface area contributed by atoms with E-state index < -0.39 is 11.4 Å². The monoisotopic (exact) mass is 424 g/mol. The Morgan fingerprint density at radius 1 is 1.06 bits per heavy atom. The lowest BCUT2D eigenvalue weighted by Gasteiger charge is -2.21. The molecule has 0 aliphatic heterocycles. The molecule has 0 aromatic heterocycles. The van der Waals surface area contributed by atoms with Crippen LogP contribution < -0.4 is 14.2 Å². The quantitative estimate of drug-likeness (QED) is 0.624. The summed E-state index contributed by atoms with van der Waals surface area (Å²) in [6, 6.07) is 9.39. The van der Waals surface area contributed by atoms with Gasteiger partial charge in [0.1, 0.15) is 12.0 Å². The van der Waals surface area contributed by atoms with Gasteiger partial charge in [-0.25, -0.2) is 0 Å². The van der Waals surface area contributed by atoms with E-state index in [9.17, 15) is 14.7 Å². The van der Waals surface area contributed by atoms with Crippen molar-refractivity contribution in [1.82, 2.24) is 0 Å². The number of carbonyl (C=O) groups excluding carboxylic acids is 1. The maximum atomic E-state index is 12.3. The predicted octanol–water partition coefficient (Wildman–Crippen LogP) is 4.77. The highest BCUT2D eigenvalue weighted by Crippen LogP contribution is 2.56. The predicted molar refractivity (Wildman–Crippen MR) is 116 cm³/mol. The van der Waals surface area contributed by atoms with E-state index in [0.29, 0.717) is 36.5 Å². The second-order valence-electron chi connectivity index (χ2n) is 8.37. The van der Waals surface area contributed by atoms with Crippen LogP contribution in [0.5, 0.6) is 17.2 Å². The highest BCUT2D eigenvalue weighted by Gasteiger charge is 2.60. The van der Waals surface area contributed by atoms with Crippen LogP contribution in [0.25, 0.3) is 11.1 Å². The number of carbonyl (C=O) groups is 2. The van der Waals surface area contributed by atoms with E-state index in [1.807, 2.05) is 24.3 Å². The van der Waals surface area contributed by atoms with E-state index >= 15 is 0 Å². The van der Waals surface area contributed by atoms with Gasteiger partial charge in [-0.1, -0.05) is 31.5 Å². The van der Waals surface area contributed by atoms with Gasteiger partial charge >= 0.3 is 5.97 Å². The van der Waals surface area contributed by atoms with Gasteiger partial charge in [0.05, 0.1) is 14.2 Å². The van der Waals surface area contributed by atoms with Gasteiger partial charge in [0.25, 0.3) is 0 Å². The summed E-state index contributed by atoms with van der Waals surface area (Å²) in [5.74, 6) is 0.835. The number of rotatable bonds is 9. The van der Waals surface area contributed by atoms with Crippen molar-refractivity contribution in [2.75, 3.05) is 20.8 Å². The maximum absolute atomic E-state index is 12.3. The topological polar surface area (TPSA) is 82.1 Å². The number of ether oxygens (including phenoxy) is 3. The van der Waals surface area contributed by atoms with E-state index in [1.54, 1.807) is 13.2 Å².